The smallest absolute Gasteiger partial charge is 0.320 e. The van der Waals surface area contributed by atoms with Crippen LogP contribution in [0.5, 0.6) is 0 Å². The van der Waals surface area contributed by atoms with Crippen LogP contribution in [-0.2, 0) is 14.4 Å². The molecule has 13 N–H and O–H groups in total. The van der Waals surface area contributed by atoms with Crippen molar-refractivity contribution < 1.29 is 29.7 Å². The lowest BCUT2D eigenvalue weighted by atomic mass is 10.1. The average molecular weight is 424 g/mol. The van der Waals surface area contributed by atoms with Gasteiger partial charge >= 0.3 is 17.9 Å². The molecule has 0 heterocycles. The van der Waals surface area contributed by atoms with Gasteiger partial charge in [0.1, 0.15) is 18.1 Å². The maximum absolute atomic E-state index is 10.1. The first-order valence-electron chi connectivity index (χ1n) is 9.75. The van der Waals surface area contributed by atoms with Crippen LogP contribution in [0.2, 0.25) is 0 Å². The molecular weight excluding hydrogens is 382 g/mol. The third kappa shape index (κ3) is 26.2. The molecule has 3 atom stereocenters. The number of aliphatic carboxylic acids is 3. The minimum absolute atomic E-state index is 0.357. The molecule has 11 nitrogen and oxygen atoms in total. The van der Waals surface area contributed by atoms with Crippen LogP contribution in [-0.4, -0.2) is 64.4 Å². The second kappa shape index (κ2) is 20.9. The number of carbonyl (C=O) groups is 3. The molecule has 0 aromatic rings. The number of rotatable bonds is 13. The van der Waals surface area contributed by atoms with E-state index in [-0.39, 0.29) is 0 Å². The van der Waals surface area contributed by atoms with Gasteiger partial charge in [-0.3, -0.25) is 14.4 Å². The van der Waals surface area contributed by atoms with E-state index in [1.54, 1.807) is 0 Å². The van der Waals surface area contributed by atoms with E-state index >= 15 is 0 Å². The fourth-order valence-electron chi connectivity index (χ4n) is 1.87. The first kappa shape index (κ1) is 31.9. The lowest BCUT2D eigenvalue weighted by molar-refractivity contribution is -0.139. The van der Waals surface area contributed by atoms with Crippen molar-refractivity contribution >= 4 is 17.9 Å². The normalized spacial score (nSPS) is 13.2. The fourth-order valence-corrected chi connectivity index (χ4v) is 1.87. The second-order valence-corrected chi connectivity index (χ2v) is 7.03. The molecule has 0 aliphatic rings. The van der Waals surface area contributed by atoms with Gasteiger partial charge in [0.2, 0.25) is 0 Å². The van der Waals surface area contributed by atoms with Crippen LogP contribution in [0.4, 0.5) is 0 Å². The molecule has 0 aromatic carbocycles. The van der Waals surface area contributed by atoms with Crippen molar-refractivity contribution in [2.45, 2.75) is 76.9 Å². The van der Waals surface area contributed by atoms with E-state index in [1.807, 2.05) is 13.8 Å². The van der Waals surface area contributed by atoms with Gasteiger partial charge in [0.25, 0.3) is 0 Å². The Balaban J connectivity index is -0.000000350. The summed E-state index contributed by atoms with van der Waals surface area (Å²) in [5.41, 5.74) is 26.1. The van der Waals surface area contributed by atoms with Gasteiger partial charge in [0, 0.05) is 0 Å². The topological polar surface area (TPSA) is 242 Å². The zero-order chi connectivity index (χ0) is 23.4. The van der Waals surface area contributed by atoms with Gasteiger partial charge in [-0.05, 0) is 51.1 Å². The molecule has 0 fully saturated rings. The monoisotopic (exact) mass is 423 g/mol. The van der Waals surface area contributed by atoms with E-state index in [2.05, 4.69) is 0 Å². The van der Waals surface area contributed by atoms with Gasteiger partial charge < -0.3 is 44.0 Å². The first-order chi connectivity index (χ1) is 13.4. The minimum Gasteiger partial charge on any atom is -0.480 e. The highest BCUT2D eigenvalue weighted by Crippen LogP contribution is 2.01. The number of carboxylic acids is 3. The largest absolute Gasteiger partial charge is 0.480 e. The van der Waals surface area contributed by atoms with Crippen molar-refractivity contribution in [2.24, 2.45) is 34.6 Å². The van der Waals surface area contributed by atoms with Crippen LogP contribution >= 0.6 is 0 Å². The molecule has 174 valence electrons. The summed E-state index contributed by atoms with van der Waals surface area (Å²) in [7, 11) is 0. The maximum atomic E-state index is 10.1. The molecule has 0 aliphatic carbocycles. The van der Waals surface area contributed by atoms with Crippen LogP contribution in [0.15, 0.2) is 0 Å². The summed E-state index contributed by atoms with van der Waals surface area (Å²) in [4.78, 5) is 30.4. The highest BCUT2D eigenvalue weighted by molar-refractivity contribution is 5.73. The van der Waals surface area contributed by atoms with Crippen molar-refractivity contribution in [2.75, 3.05) is 13.1 Å². The Morgan fingerprint density at radius 1 is 0.655 bits per heavy atom. The molecule has 0 radical (unpaired) electrons. The Kier molecular flexibility index (Phi) is 23.0. The van der Waals surface area contributed by atoms with Crippen LogP contribution < -0.4 is 28.7 Å². The van der Waals surface area contributed by atoms with E-state index in [1.165, 1.54) is 0 Å². The number of carboxylic acid groups (broad SMARTS) is 3. The molecule has 0 amide bonds. The molecule has 0 saturated carbocycles. The van der Waals surface area contributed by atoms with Crippen molar-refractivity contribution in [3.8, 4) is 0 Å². The predicted octanol–water partition coefficient (Wildman–Crippen LogP) is -0.501. The molecule has 0 aromatic heterocycles. The van der Waals surface area contributed by atoms with Crippen LogP contribution in [0, 0.1) is 5.92 Å². The summed E-state index contributed by atoms with van der Waals surface area (Å²) in [6, 6.07) is -2.12. The quantitative estimate of drug-likeness (QED) is 0.175. The maximum Gasteiger partial charge on any atom is 0.320 e. The Labute approximate surface area is 173 Å². The molecule has 0 bridgehead atoms. The van der Waals surface area contributed by atoms with Gasteiger partial charge in [0.15, 0.2) is 0 Å². The van der Waals surface area contributed by atoms with Crippen molar-refractivity contribution in [1.82, 2.24) is 0 Å². The summed E-state index contributed by atoms with van der Waals surface area (Å²) in [5, 5.41) is 25.0. The van der Waals surface area contributed by atoms with E-state index in [4.69, 9.17) is 44.0 Å². The zero-order valence-corrected chi connectivity index (χ0v) is 17.6. The lowest BCUT2D eigenvalue weighted by Gasteiger charge is -2.07. The Hall–Kier alpha value is -1.79. The fraction of sp³-hybridized carbons (Fsp3) is 0.833. The molecule has 0 rings (SSSR count). The summed E-state index contributed by atoms with van der Waals surface area (Å²) in [6.45, 7) is 5.10. The Morgan fingerprint density at radius 3 is 1.14 bits per heavy atom. The van der Waals surface area contributed by atoms with E-state index in [0.29, 0.717) is 38.3 Å². The third-order valence-electron chi connectivity index (χ3n) is 3.62. The molecule has 3 unspecified atom stereocenters. The van der Waals surface area contributed by atoms with E-state index < -0.39 is 36.0 Å². The van der Waals surface area contributed by atoms with Gasteiger partial charge in [0.05, 0.1) is 0 Å². The van der Waals surface area contributed by atoms with Gasteiger partial charge in [-0.1, -0.05) is 26.7 Å². The van der Waals surface area contributed by atoms with E-state index in [9.17, 15) is 14.4 Å². The van der Waals surface area contributed by atoms with Gasteiger partial charge in [-0.25, -0.2) is 0 Å². The summed E-state index contributed by atoms with van der Waals surface area (Å²) >= 11 is 0. The summed E-state index contributed by atoms with van der Waals surface area (Å²) in [5.74, 6) is -2.42. The second-order valence-electron chi connectivity index (χ2n) is 7.03. The van der Waals surface area contributed by atoms with Crippen molar-refractivity contribution in [3.05, 3.63) is 0 Å². The number of nitrogens with two attached hydrogens (primary N) is 5. The number of unbranched alkanes of at least 4 members (excludes halogenated alkanes) is 2. The number of hydrogen-bond acceptors (Lipinski definition) is 8. The third-order valence-corrected chi connectivity index (χ3v) is 3.62. The highest BCUT2D eigenvalue weighted by Gasteiger charge is 2.12. The van der Waals surface area contributed by atoms with Crippen LogP contribution in [0.1, 0.15) is 58.8 Å². The standard InChI is InChI=1S/2C6H14N2O2.C6H13NO2/c2*7-4-2-1-3-5(8)6(9)10;1-4(2)3-5(7)6(8)9/h2*5H,1-4,7-8H2,(H,9,10);4-5H,3,7H2,1-2H3,(H,8,9). The van der Waals surface area contributed by atoms with Crippen molar-refractivity contribution in [3.63, 3.8) is 0 Å². The molecule has 0 spiro atoms. The Bertz CT molecular complexity index is 411. The molecule has 0 saturated heterocycles. The molecule has 29 heavy (non-hydrogen) atoms. The molecule has 11 heteroatoms. The van der Waals surface area contributed by atoms with Crippen LogP contribution in [0.3, 0.4) is 0 Å². The zero-order valence-electron chi connectivity index (χ0n) is 17.6. The van der Waals surface area contributed by atoms with E-state index in [0.717, 1.165) is 25.7 Å². The summed E-state index contributed by atoms with van der Waals surface area (Å²) in [6.07, 6.45) is 4.88. The van der Waals surface area contributed by atoms with Crippen molar-refractivity contribution in [1.29, 1.82) is 0 Å². The van der Waals surface area contributed by atoms with Crippen LogP contribution in [0.25, 0.3) is 0 Å². The SMILES string of the molecule is CC(C)CC(N)C(=O)O.NCCCCC(N)C(=O)O.NCCCCC(N)C(=O)O. The molecular formula is C18H41N5O6. The lowest BCUT2D eigenvalue weighted by Crippen LogP contribution is -2.31. The summed E-state index contributed by atoms with van der Waals surface area (Å²) < 4.78 is 0. The average Bonchev–Trinajstić information content (AvgIpc) is 2.62. The van der Waals surface area contributed by atoms with Gasteiger partial charge in [-0.15, -0.1) is 0 Å². The first-order valence-corrected chi connectivity index (χ1v) is 9.75. The molecule has 0 aliphatic heterocycles. The predicted molar refractivity (Wildman–Crippen MR) is 112 cm³/mol. The van der Waals surface area contributed by atoms with Gasteiger partial charge in [-0.2, -0.15) is 0 Å². The number of hydrogen-bond donors (Lipinski definition) is 8. The Morgan fingerprint density at radius 2 is 0.966 bits per heavy atom. The highest BCUT2D eigenvalue weighted by atomic mass is 16.4. The minimum atomic E-state index is -0.933.